The standard InChI is InChI=1S/C11H12ClNO/c1-13-6-2-3-9-7-11(12)5-4-10(9)8-14/h2-5,7-8,13H,6H2,1H3. The minimum Gasteiger partial charge on any atom is -0.316 e. The van der Waals surface area contributed by atoms with Crippen molar-refractivity contribution in [1.82, 2.24) is 5.32 Å². The quantitative estimate of drug-likeness (QED) is 0.772. The number of benzene rings is 1. The van der Waals surface area contributed by atoms with Crippen LogP contribution in [0.4, 0.5) is 0 Å². The molecule has 0 bridgehead atoms. The molecule has 0 saturated heterocycles. The van der Waals surface area contributed by atoms with Crippen molar-refractivity contribution in [3.8, 4) is 0 Å². The number of nitrogens with one attached hydrogen (secondary N) is 1. The third-order valence-electron chi connectivity index (χ3n) is 1.80. The molecule has 0 heterocycles. The molecule has 0 spiro atoms. The molecule has 0 radical (unpaired) electrons. The first kappa shape index (κ1) is 11.0. The van der Waals surface area contributed by atoms with Gasteiger partial charge in [-0.2, -0.15) is 0 Å². The third-order valence-corrected chi connectivity index (χ3v) is 2.03. The van der Waals surface area contributed by atoms with E-state index in [0.717, 1.165) is 18.4 Å². The number of halogens is 1. The molecule has 0 aliphatic carbocycles. The molecule has 3 heteroatoms. The highest BCUT2D eigenvalue weighted by atomic mass is 35.5. The molecule has 74 valence electrons. The van der Waals surface area contributed by atoms with Crippen LogP contribution in [0.25, 0.3) is 6.08 Å². The zero-order valence-corrected chi connectivity index (χ0v) is 8.71. The van der Waals surface area contributed by atoms with Crippen LogP contribution in [0.3, 0.4) is 0 Å². The van der Waals surface area contributed by atoms with Crippen molar-refractivity contribution in [1.29, 1.82) is 0 Å². The topological polar surface area (TPSA) is 29.1 Å². The Balaban J connectivity index is 2.92. The second-order valence-electron chi connectivity index (χ2n) is 2.85. The number of likely N-dealkylation sites (N-methyl/N-ethyl adjacent to an activating group) is 1. The lowest BCUT2D eigenvalue weighted by molar-refractivity contribution is 0.112. The first-order chi connectivity index (χ1) is 6.77. The summed E-state index contributed by atoms with van der Waals surface area (Å²) in [7, 11) is 1.86. The Morgan fingerprint density at radius 2 is 2.21 bits per heavy atom. The normalized spacial score (nSPS) is 10.7. The lowest BCUT2D eigenvalue weighted by Crippen LogP contribution is -2.03. The van der Waals surface area contributed by atoms with Crippen molar-refractivity contribution in [3.63, 3.8) is 0 Å². The highest BCUT2D eigenvalue weighted by Gasteiger charge is 1.98. The van der Waals surface area contributed by atoms with Gasteiger partial charge >= 0.3 is 0 Å². The second-order valence-corrected chi connectivity index (χ2v) is 3.29. The van der Waals surface area contributed by atoms with Crippen LogP contribution in [0.15, 0.2) is 24.3 Å². The van der Waals surface area contributed by atoms with Gasteiger partial charge in [0, 0.05) is 17.1 Å². The van der Waals surface area contributed by atoms with E-state index >= 15 is 0 Å². The van der Waals surface area contributed by atoms with E-state index in [9.17, 15) is 4.79 Å². The van der Waals surface area contributed by atoms with Gasteiger partial charge in [-0.3, -0.25) is 4.79 Å². The molecule has 14 heavy (non-hydrogen) atoms. The molecule has 1 aromatic carbocycles. The fraction of sp³-hybridized carbons (Fsp3) is 0.182. The number of carbonyl (C=O) groups excluding carboxylic acids is 1. The summed E-state index contributed by atoms with van der Waals surface area (Å²) < 4.78 is 0. The van der Waals surface area contributed by atoms with E-state index in [0.29, 0.717) is 10.6 Å². The summed E-state index contributed by atoms with van der Waals surface area (Å²) in [5, 5.41) is 3.62. The van der Waals surface area contributed by atoms with E-state index in [4.69, 9.17) is 11.6 Å². The van der Waals surface area contributed by atoms with Crippen molar-refractivity contribution in [3.05, 3.63) is 40.4 Å². The summed E-state index contributed by atoms with van der Waals surface area (Å²) >= 11 is 5.82. The maximum atomic E-state index is 10.7. The molecule has 0 atom stereocenters. The molecule has 0 unspecified atom stereocenters. The monoisotopic (exact) mass is 209 g/mol. The molecule has 0 aromatic heterocycles. The maximum absolute atomic E-state index is 10.7. The van der Waals surface area contributed by atoms with Crippen LogP contribution in [-0.2, 0) is 0 Å². The molecule has 2 nitrogen and oxygen atoms in total. The van der Waals surface area contributed by atoms with Crippen molar-refractivity contribution in [2.45, 2.75) is 0 Å². The molecule has 0 amide bonds. The average Bonchev–Trinajstić information content (AvgIpc) is 2.19. The van der Waals surface area contributed by atoms with Gasteiger partial charge in [0.25, 0.3) is 0 Å². The fourth-order valence-electron chi connectivity index (χ4n) is 1.10. The van der Waals surface area contributed by atoms with Crippen LogP contribution < -0.4 is 5.32 Å². The van der Waals surface area contributed by atoms with Gasteiger partial charge in [-0.15, -0.1) is 0 Å². The van der Waals surface area contributed by atoms with E-state index in [1.54, 1.807) is 18.2 Å². The molecule has 0 aliphatic rings. The number of aldehydes is 1. The van der Waals surface area contributed by atoms with Crippen LogP contribution >= 0.6 is 11.6 Å². The highest BCUT2D eigenvalue weighted by Crippen LogP contribution is 2.15. The van der Waals surface area contributed by atoms with E-state index < -0.39 is 0 Å². The molecule has 0 saturated carbocycles. The van der Waals surface area contributed by atoms with E-state index in [1.165, 1.54) is 0 Å². The summed E-state index contributed by atoms with van der Waals surface area (Å²) in [5.41, 5.74) is 1.50. The summed E-state index contributed by atoms with van der Waals surface area (Å²) in [4.78, 5) is 10.7. The second kappa shape index (κ2) is 5.58. The van der Waals surface area contributed by atoms with Gasteiger partial charge in [-0.1, -0.05) is 23.8 Å². The SMILES string of the molecule is CNCC=Cc1cc(Cl)ccc1C=O. The predicted octanol–water partition coefficient (Wildman–Crippen LogP) is 2.39. The van der Waals surface area contributed by atoms with Crippen LogP contribution in [-0.4, -0.2) is 19.9 Å². The molecule has 0 aliphatic heterocycles. The largest absolute Gasteiger partial charge is 0.316 e. The maximum Gasteiger partial charge on any atom is 0.150 e. The Morgan fingerprint density at radius 3 is 2.86 bits per heavy atom. The van der Waals surface area contributed by atoms with Crippen molar-refractivity contribution in [2.24, 2.45) is 0 Å². The molecular weight excluding hydrogens is 198 g/mol. The van der Waals surface area contributed by atoms with Gasteiger partial charge in [0.05, 0.1) is 0 Å². The first-order valence-corrected chi connectivity index (χ1v) is 4.71. The van der Waals surface area contributed by atoms with Crippen LogP contribution in [0.2, 0.25) is 5.02 Å². The number of hydrogen-bond acceptors (Lipinski definition) is 2. The molecule has 1 aromatic rings. The Kier molecular flexibility index (Phi) is 4.36. The number of carbonyl (C=O) groups is 1. The van der Waals surface area contributed by atoms with Gasteiger partial charge in [-0.05, 0) is 30.8 Å². The van der Waals surface area contributed by atoms with Crippen LogP contribution in [0.5, 0.6) is 0 Å². The fourth-order valence-corrected chi connectivity index (χ4v) is 1.28. The van der Waals surface area contributed by atoms with Crippen molar-refractivity contribution >= 4 is 24.0 Å². The summed E-state index contributed by atoms with van der Waals surface area (Å²) in [6.45, 7) is 0.769. The predicted molar refractivity (Wildman–Crippen MR) is 59.8 cm³/mol. The summed E-state index contributed by atoms with van der Waals surface area (Å²) in [5.74, 6) is 0. The lowest BCUT2D eigenvalue weighted by atomic mass is 10.1. The first-order valence-electron chi connectivity index (χ1n) is 4.34. The molecule has 0 fully saturated rings. The van der Waals surface area contributed by atoms with Gasteiger partial charge < -0.3 is 5.32 Å². The van der Waals surface area contributed by atoms with E-state index in [2.05, 4.69) is 5.32 Å². The number of rotatable bonds is 4. The zero-order valence-electron chi connectivity index (χ0n) is 7.96. The van der Waals surface area contributed by atoms with Crippen molar-refractivity contribution < 1.29 is 4.79 Å². The third kappa shape index (κ3) is 2.98. The Bertz CT molecular complexity index is 347. The summed E-state index contributed by atoms with van der Waals surface area (Å²) in [6.07, 6.45) is 4.65. The zero-order chi connectivity index (χ0) is 10.4. The molecule has 1 N–H and O–H groups in total. The van der Waals surface area contributed by atoms with Crippen molar-refractivity contribution in [2.75, 3.05) is 13.6 Å². The van der Waals surface area contributed by atoms with Gasteiger partial charge in [0.15, 0.2) is 6.29 Å². The minimum absolute atomic E-state index is 0.639. The number of hydrogen-bond donors (Lipinski definition) is 1. The average molecular weight is 210 g/mol. The minimum atomic E-state index is 0.639. The molecular formula is C11H12ClNO. The summed E-state index contributed by atoms with van der Waals surface area (Å²) in [6, 6.07) is 5.20. The van der Waals surface area contributed by atoms with Gasteiger partial charge in [0.2, 0.25) is 0 Å². The van der Waals surface area contributed by atoms with Gasteiger partial charge in [0.1, 0.15) is 0 Å². The Morgan fingerprint density at radius 1 is 1.43 bits per heavy atom. The van der Waals surface area contributed by atoms with E-state index in [-0.39, 0.29) is 0 Å². The van der Waals surface area contributed by atoms with Crippen LogP contribution in [0, 0.1) is 0 Å². The lowest BCUT2D eigenvalue weighted by Gasteiger charge is -1.99. The Labute approximate surface area is 88.6 Å². The smallest absolute Gasteiger partial charge is 0.150 e. The van der Waals surface area contributed by atoms with Crippen LogP contribution in [0.1, 0.15) is 15.9 Å². The van der Waals surface area contributed by atoms with E-state index in [1.807, 2.05) is 19.2 Å². The Hall–Kier alpha value is -1.12. The highest BCUT2D eigenvalue weighted by molar-refractivity contribution is 6.30. The van der Waals surface area contributed by atoms with Gasteiger partial charge in [-0.25, -0.2) is 0 Å². The molecule has 1 rings (SSSR count).